The molecule has 2 unspecified atom stereocenters. The Morgan fingerprint density at radius 3 is 2.90 bits per heavy atom. The minimum Gasteiger partial charge on any atom is -0.352 e. The summed E-state index contributed by atoms with van der Waals surface area (Å²) < 4.78 is 0. The number of nitrogens with zero attached hydrogens (tertiary/aromatic N) is 1. The van der Waals surface area contributed by atoms with Gasteiger partial charge in [0.25, 0.3) is 0 Å². The van der Waals surface area contributed by atoms with Crippen molar-refractivity contribution in [3.8, 4) is 0 Å². The van der Waals surface area contributed by atoms with Gasteiger partial charge in [-0.05, 0) is 45.1 Å². The Balaban J connectivity index is 1.56. The van der Waals surface area contributed by atoms with Crippen LogP contribution in [0.5, 0.6) is 0 Å². The fraction of sp³-hybridized carbons (Fsp3) is 0.938. The zero-order valence-corrected chi connectivity index (χ0v) is 12.8. The first-order chi connectivity index (χ1) is 9.73. The second-order valence-electron chi connectivity index (χ2n) is 7.00. The predicted octanol–water partition coefficient (Wildman–Crippen LogP) is 1.51. The van der Waals surface area contributed by atoms with Gasteiger partial charge in [-0.2, -0.15) is 0 Å². The molecule has 0 aromatic heterocycles. The fourth-order valence-corrected chi connectivity index (χ4v) is 3.98. The van der Waals surface area contributed by atoms with E-state index in [9.17, 15) is 4.79 Å². The monoisotopic (exact) mass is 279 g/mol. The third-order valence-electron chi connectivity index (χ3n) is 5.30. The van der Waals surface area contributed by atoms with Crippen molar-refractivity contribution in [3.05, 3.63) is 0 Å². The molecule has 4 heteroatoms. The number of hydrogen-bond acceptors (Lipinski definition) is 3. The number of hydrogen-bond donors (Lipinski definition) is 2. The van der Waals surface area contributed by atoms with E-state index in [1.165, 1.54) is 19.4 Å². The minimum atomic E-state index is -0.139. The van der Waals surface area contributed by atoms with Crippen molar-refractivity contribution in [2.75, 3.05) is 26.2 Å². The van der Waals surface area contributed by atoms with Crippen LogP contribution in [0.4, 0.5) is 0 Å². The van der Waals surface area contributed by atoms with Gasteiger partial charge in [0.15, 0.2) is 0 Å². The summed E-state index contributed by atoms with van der Waals surface area (Å²) in [5, 5.41) is 6.80. The first-order valence-electron chi connectivity index (χ1n) is 8.49. The molecular formula is C16H29N3O. The molecule has 2 atom stereocenters. The molecule has 0 radical (unpaired) electrons. The van der Waals surface area contributed by atoms with Crippen molar-refractivity contribution < 1.29 is 4.79 Å². The van der Waals surface area contributed by atoms with Crippen LogP contribution < -0.4 is 10.6 Å². The second kappa shape index (κ2) is 6.02. The van der Waals surface area contributed by atoms with E-state index in [-0.39, 0.29) is 5.41 Å². The molecule has 0 spiro atoms. The Kier molecular flexibility index (Phi) is 4.32. The van der Waals surface area contributed by atoms with E-state index in [1.807, 2.05) is 0 Å². The lowest BCUT2D eigenvalue weighted by Gasteiger charge is -2.37. The van der Waals surface area contributed by atoms with Crippen LogP contribution >= 0.6 is 0 Å². The van der Waals surface area contributed by atoms with Crippen LogP contribution in [0.2, 0.25) is 0 Å². The molecule has 3 rings (SSSR count). The Morgan fingerprint density at radius 1 is 1.40 bits per heavy atom. The molecule has 1 amide bonds. The van der Waals surface area contributed by atoms with Gasteiger partial charge in [-0.15, -0.1) is 0 Å². The van der Waals surface area contributed by atoms with E-state index >= 15 is 0 Å². The van der Waals surface area contributed by atoms with Crippen LogP contribution in [0, 0.1) is 5.41 Å². The molecule has 0 bridgehead atoms. The molecule has 0 aromatic rings. The van der Waals surface area contributed by atoms with Crippen molar-refractivity contribution in [2.24, 2.45) is 5.41 Å². The summed E-state index contributed by atoms with van der Waals surface area (Å²) in [7, 11) is 0. The van der Waals surface area contributed by atoms with E-state index in [2.05, 4.69) is 22.5 Å². The summed E-state index contributed by atoms with van der Waals surface area (Å²) in [4.78, 5) is 15.4. The van der Waals surface area contributed by atoms with Crippen LogP contribution in [-0.4, -0.2) is 49.1 Å². The third kappa shape index (κ3) is 3.01. The summed E-state index contributed by atoms with van der Waals surface area (Å²) in [5.41, 5.74) is -0.139. The molecule has 1 aliphatic carbocycles. The molecule has 114 valence electrons. The van der Waals surface area contributed by atoms with E-state index in [0.29, 0.717) is 11.9 Å². The van der Waals surface area contributed by atoms with Gasteiger partial charge in [-0.3, -0.25) is 9.69 Å². The highest BCUT2D eigenvalue weighted by molar-refractivity contribution is 5.83. The number of rotatable bonds is 5. The molecule has 2 aliphatic heterocycles. The van der Waals surface area contributed by atoms with Gasteiger partial charge in [-0.25, -0.2) is 0 Å². The fourth-order valence-electron chi connectivity index (χ4n) is 3.98. The van der Waals surface area contributed by atoms with Crippen LogP contribution in [0.15, 0.2) is 0 Å². The number of carbonyl (C=O) groups excluding carboxylic acids is 1. The smallest absolute Gasteiger partial charge is 0.227 e. The van der Waals surface area contributed by atoms with Crippen LogP contribution in [0.3, 0.4) is 0 Å². The van der Waals surface area contributed by atoms with E-state index in [0.717, 1.165) is 57.8 Å². The summed E-state index contributed by atoms with van der Waals surface area (Å²) in [5.74, 6) is 0.314. The van der Waals surface area contributed by atoms with E-state index < -0.39 is 0 Å². The highest BCUT2D eigenvalue weighted by Gasteiger charge is 2.41. The molecule has 0 aromatic carbocycles. The summed E-state index contributed by atoms with van der Waals surface area (Å²) in [6.45, 7) is 6.37. The quantitative estimate of drug-likeness (QED) is 0.802. The van der Waals surface area contributed by atoms with Gasteiger partial charge in [-0.1, -0.05) is 13.3 Å². The number of carbonyl (C=O) groups is 1. The Hall–Kier alpha value is -0.610. The van der Waals surface area contributed by atoms with Crippen molar-refractivity contribution in [1.29, 1.82) is 0 Å². The van der Waals surface area contributed by atoms with Crippen LogP contribution in [0.1, 0.15) is 51.9 Å². The molecule has 2 heterocycles. The molecule has 2 saturated heterocycles. The second-order valence-corrected chi connectivity index (χ2v) is 7.00. The van der Waals surface area contributed by atoms with Gasteiger partial charge in [0.1, 0.15) is 0 Å². The molecule has 2 N–H and O–H groups in total. The number of amides is 1. The third-order valence-corrected chi connectivity index (χ3v) is 5.30. The maximum atomic E-state index is 12.8. The van der Waals surface area contributed by atoms with Crippen LogP contribution in [0.25, 0.3) is 0 Å². The average Bonchev–Trinajstić information content (AvgIpc) is 3.21. The Morgan fingerprint density at radius 2 is 2.25 bits per heavy atom. The lowest BCUT2D eigenvalue weighted by molar-refractivity contribution is -0.133. The van der Waals surface area contributed by atoms with Crippen LogP contribution in [-0.2, 0) is 4.79 Å². The standard InChI is InChI=1S/C16H29N3O/c1-2-7-16(8-3-9-17-12-16)15(20)18-13-6-10-19(11-13)14-4-5-14/h13-14,17H,2-12H2,1H3,(H,18,20). The molecular weight excluding hydrogens is 250 g/mol. The molecule has 1 saturated carbocycles. The normalized spacial score (nSPS) is 35.1. The number of likely N-dealkylation sites (tertiary alicyclic amines) is 1. The zero-order valence-electron chi connectivity index (χ0n) is 12.8. The van der Waals surface area contributed by atoms with Gasteiger partial charge < -0.3 is 10.6 Å². The first-order valence-corrected chi connectivity index (χ1v) is 8.49. The van der Waals surface area contributed by atoms with Gasteiger partial charge in [0.05, 0.1) is 5.41 Å². The zero-order chi connectivity index (χ0) is 14.0. The average molecular weight is 279 g/mol. The van der Waals surface area contributed by atoms with E-state index in [4.69, 9.17) is 0 Å². The van der Waals surface area contributed by atoms with Gasteiger partial charge in [0.2, 0.25) is 5.91 Å². The molecule has 20 heavy (non-hydrogen) atoms. The number of nitrogens with one attached hydrogen (secondary N) is 2. The topological polar surface area (TPSA) is 44.4 Å². The van der Waals surface area contributed by atoms with Crippen molar-refractivity contribution in [1.82, 2.24) is 15.5 Å². The minimum absolute atomic E-state index is 0.139. The van der Waals surface area contributed by atoms with Crippen molar-refractivity contribution in [3.63, 3.8) is 0 Å². The van der Waals surface area contributed by atoms with Crippen molar-refractivity contribution >= 4 is 5.91 Å². The van der Waals surface area contributed by atoms with Crippen molar-refractivity contribution in [2.45, 2.75) is 64.0 Å². The Labute approximate surface area is 122 Å². The highest BCUT2D eigenvalue weighted by atomic mass is 16.2. The largest absolute Gasteiger partial charge is 0.352 e. The van der Waals surface area contributed by atoms with Gasteiger partial charge >= 0.3 is 0 Å². The molecule has 3 aliphatic rings. The molecule has 3 fully saturated rings. The maximum Gasteiger partial charge on any atom is 0.227 e. The first kappa shape index (κ1) is 14.3. The summed E-state index contributed by atoms with van der Waals surface area (Å²) >= 11 is 0. The van der Waals surface area contributed by atoms with E-state index in [1.54, 1.807) is 0 Å². The summed E-state index contributed by atoms with van der Waals surface area (Å²) in [6.07, 6.45) is 8.16. The molecule has 4 nitrogen and oxygen atoms in total. The van der Waals surface area contributed by atoms with Gasteiger partial charge in [0, 0.05) is 31.7 Å². The summed E-state index contributed by atoms with van der Waals surface area (Å²) in [6, 6.07) is 1.22. The number of piperidine rings is 1. The SMILES string of the molecule is CCCC1(C(=O)NC2CCN(C3CC3)C2)CCCNC1. The Bertz CT molecular complexity index is 342. The predicted molar refractivity (Wildman–Crippen MR) is 80.6 cm³/mol. The highest BCUT2D eigenvalue weighted by Crippen LogP contribution is 2.33. The maximum absolute atomic E-state index is 12.8. The lowest BCUT2D eigenvalue weighted by Crippen LogP contribution is -2.53. The lowest BCUT2D eigenvalue weighted by atomic mass is 9.76.